The van der Waals surface area contributed by atoms with Crippen LogP contribution in [-0.2, 0) is 14.0 Å². The summed E-state index contributed by atoms with van der Waals surface area (Å²) in [6.07, 6.45) is 2.94. The summed E-state index contributed by atoms with van der Waals surface area (Å²) in [5.41, 5.74) is 0. The van der Waals surface area contributed by atoms with Gasteiger partial charge in [0, 0.05) is 19.8 Å². The van der Waals surface area contributed by atoms with Gasteiger partial charge in [0.1, 0.15) is 0 Å². The Labute approximate surface area is 111 Å². The lowest BCUT2D eigenvalue weighted by Crippen LogP contribution is -2.77. The van der Waals surface area contributed by atoms with Crippen molar-refractivity contribution in [3.05, 3.63) is 0 Å². The van der Waals surface area contributed by atoms with Crippen LogP contribution < -0.4 is 15.4 Å². The van der Waals surface area contributed by atoms with E-state index in [0.717, 1.165) is 19.3 Å². The SMILES string of the molecule is CCCOB1NB(OCCC)NB(OCCC)N1. The summed E-state index contributed by atoms with van der Waals surface area (Å²) in [5.74, 6) is 0. The van der Waals surface area contributed by atoms with E-state index in [-0.39, 0.29) is 21.6 Å². The molecule has 3 N–H and O–H groups in total. The number of rotatable bonds is 9. The Kier molecular flexibility index (Phi) is 8.74. The van der Waals surface area contributed by atoms with Crippen LogP contribution in [-0.4, -0.2) is 41.4 Å². The highest BCUT2D eigenvalue weighted by molar-refractivity contribution is 6.81. The lowest BCUT2D eigenvalue weighted by Gasteiger charge is -2.30. The topological polar surface area (TPSA) is 63.8 Å². The van der Waals surface area contributed by atoms with Crippen LogP contribution in [0.1, 0.15) is 40.0 Å². The molecule has 0 aromatic rings. The summed E-state index contributed by atoms with van der Waals surface area (Å²) in [5, 5.41) is 9.55. The molecule has 9 heteroatoms. The second kappa shape index (κ2) is 9.83. The maximum Gasteiger partial charge on any atom is 0.456 e. The van der Waals surface area contributed by atoms with Gasteiger partial charge in [0.05, 0.1) is 0 Å². The number of hydrogen-bond donors (Lipinski definition) is 3. The standard InChI is InChI=1S/C9H24B3N3O3/c1-4-7-16-10-13-11(17-8-5-2)15-12(14-10)18-9-6-3/h13-15H,4-9H2,1-3H3. The zero-order chi connectivity index (χ0) is 13.2. The van der Waals surface area contributed by atoms with Crippen LogP contribution in [0.4, 0.5) is 0 Å². The maximum absolute atomic E-state index is 5.63. The zero-order valence-corrected chi connectivity index (χ0v) is 11.7. The third-order valence-corrected chi connectivity index (χ3v) is 2.37. The largest absolute Gasteiger partial charge is 0.456 e. The first-order chi connectivity index (χ1) is 8.80. The average Bonchev–Trinajstić information content (AvgIpc) is 2.40. The second-order valence-corrected chi connectivity index (χ2v) is 4.25. The van der Waals surface area contributed by atoms with E-state index >= 15 is 0 Å². The van der Waals surface area contributed by atoms with Crippen LogP contribution in [0.3, 0.4) is 0 Å². The van der Waals surface area contributed by atoms with Crippen molar-refractivity contribution in [2.24, 2.45) is 0 Å². The molecule has 1 saturated heterocycles. The third kappa shape index (κ3) is 6.22. The third-order valence-electron chi connectivity index (χ3n) is 2.37. The first kappa shape index (κ1) is 16.0. The van der Waals surface area contributed by atoms with E-state index in [1.54, 1.807) is 0 Å². The molecule has 1 rings (SSSR count). The van der Waals surface area contributed by atoms with Crippen molar-refractivity contribution < 1.29 is 14.0 Å². The molecule has 0 spiro atoms. The summed E-state index contributed by atoms with van der Waals surface area (Å²) < 4.78 is 16.9. The molecule has 0 radical (unpaired) electrons. The minimum Gasteiger partial charge on any atom is -0.409 e. The van der Waals surface area contributed by atoms with Crippen LogP contribution in [0.5, 0.6) is 0 Å². The Morgan fingerprint density at radius 2 is 0.889 bits per heavy atom. The molecule has 0 aliphatic carbocycles. The molecule has 0 aromatic heterocycles. The van der Waals surface area contributed by atoms with Crippen molar-refractivity contribution in [1.82, 2.24) is 15.4 Å². The van der Waals surface area contributed by atoms with Crippen LogP contribution in [0.2, 0.25) is 0 Å². The first-order valence-corrected chi connectivity index (χ1v) is 6.93. The molecule has 0 aromatic carbocycles. The summed E-state index contributed by atoms with van der Waals surface area (Å²) in [6, 6.07) is 0. The van der Waals surface area contributed by atoms with Gasteiger partial charge in [0.15, 0.2) is 0 Å². The van der Waals surface area contributed by atoms with E-state index in [4.69, 9.17) is 14.0 Å². The summed E-state index contributed by atoms with van der Waals surface area (Å²) in [7, 11) is -0.722. The van der Waals surface area contributed by atoms with E-state index < -0.39 is 0 Å². The summed E-state index contributed by atoms with van der Waals surface area (Å²) in [6.45, 7) is 8.34. The summed E-state index contributed by atoms with van der Waals surface area (Å²) in [4.78, 5) is 0. The van der Waals surface area contributed by atoms with Gasteiger partial charge in [-0.05, 0) is 19.3 Å². The van der Waals surface area contributed by atoms with Crippen LogP contribution in [0, 0.1) is 0 Å². The molecular weight excluding hydrogens is 231 g/mol. The maximum atomic E-state index is 5.63. The van der Waals surface area contributed by atoms with Crippen LogP contribution in [0.15, 0.2) is 0 Å². The predicted molar refractivity (Wildman–Crippen MR) is 75.4 cm³/mol. The normalized spacial score (nSPS) is 16.5. The van der Waals surface area contributed by atoms with Crippen molar-refractivity contribution in [1.29, 1.82) is 0 Å². The van der Waals surface area contributed by atoms with E-state index in [2.05, 4.69) is 36.2 Å². The van der Waals surface area contributed by atoms with Crippen molar-refractivity contribution >= 4 is 21.6 Å². The molecule has 0 bridgehead atoms. The molecule has 1 heterocycles. The van der Waals surface area contributed by atoms with Gasteiger partial charge in [-0.1, -0.05) is 20.8 Å². The number of hydrogen-bond acceptors (Lipinski definition) is 6. The fourth-order valence-corrected chi connectivity index (χ4v) is 1.55. The van der Waals surface area contributed by atoms with Crippen LogP contribution in [0.25, 0.3) is 0 Å². The average molecular weight is 255 g/mol. The molecule has 1 aliphatic rings. The Morgan fingerprint density at radius 1 is 0.611 bits per heavy atom. The quantitative estimate of drug-likeness (QED) is 0.504. The highest BCUT2D eigenvalue weighted by atomic mass is 16.5. The van der Waals surface area contributed by atoms with Crippen molar-refractivity contribution in [2.75, 3.05) is 19.8 Å². The van der Waals surface area contributed by atoms with E-state index in [1.165, 1.54) is 0 Å². The van der Waals surface area contributed by atoms with Gasteiger partial charge in [0.2, 0.25) is 0 Å². The van der Waals surface area contributed by atoms with Crippen LogP contribution >= 0.6 is 0 Å². The first-order valence-electron chi connectivity index (χ1n) is 6.93. The van der Waals surface area contributed by atoms with Gasteiger partial charge < -0.3 is 29.4 Å². The van der Waals surface area contributed by atoms with Crippen molar-refractivity contribution in [3.8, 4) is 0 Å². The van der Waals surface area contributed by atoms with Gasteiger partial charge in [-0.25, -0.2) is 0 Å². The Balaban J connectivity index is 2.38. The molecule has 1 fully saturated rings. The second-order valence-electron chi connectivity index (χ2n) is 4.25. The Bertz CT molecular complexity index is 177. The highest BCUT2D eigenvalue weighted by Crippen LogP contribution is 1.95. The van der Waals surface area contributed by atoms with Crippen molar-refractivity contribution in [3.63, 3.8) is 0 Å². The molecule has 18 heavy (non-hydrogen) atoms. The lowest BCUT2D eigenvalue weighted by atomic mass is 9.71. The molecule has 0 atom stereocenters. The van der Waals surface area contributed by atoms with Crippen molar-refractivity contribution in [2.45, 2.75) is 40.0 Å². The predicted octanol–water partition coefficient (Wildman–Crippen LogP) is 0.00330. The number of nitrogens with one attached hydrogen (secondary N) is 3. The lowest BCUT2D eigenvalue weighted by molar-refractivity contribution is 0.271. The zero-order valence-electron chi connectivity index (χ0n) is 11.7. The minimum atomic E-state index is -0.241. The molecule has 102 valence electrons. The van der Waals surface area contributed by atoms with Gasteiger partial charge in [-0.3, -0.25) is 0 Å². The monoisotopic (exact) mass is 255 g/mol. The molecule has 0 amide bonds. The molecular formula is C9H24B3N3O3. The molecule has 6 nitrogen and oxygen atoms in total. The fraction of sp³-hybridized carbons (Fsp3) is 1.00. The van der Waals surface area contributed by atoms with Gasteiger partial charge in [-0.2, -0.15) is 0 Å². The Morgan fingerprint density at radius 3 is 1.11 bits per heavy atom. The molecule has 0 unspecified atom stereocenters. The highest BCUT2D eigenvalue weighted by Gasteiger charge is 2.39. The minimum absolute atomic E-state index is 0.241. The van der Waals surface area contributed by atoms with E-state index in [0.29, 0.717) is 19.8 Å². The molecule has 1 aliphatic heterocycles. The molecule has 0 saturated carbocycles. The Hall–Kier alpha value is -0.0452. The van der Waals surface area contributed by atoms with Gasteiger partial charge in [-0.15, -0.1) is 0 Å². The smallest absolute Gasteiger partial charge is 0.409 e. The van der Waals surface area contributed by atoms with E-state index in [1.807, 2.05) is 0 Å². The van der Waals surface area contributed by atoms with Gasteiger partial charge in [0.25, 0.3) is 0 Å². The van der Waals surface area contributed by atoms with Gasteiger partial charge >= 0.3 is 21.6 Å². The van der Waals surface area contributed by atoms with E-state index in [9.17, 15) is 0 Å². The fourth-order valence-electron chi connectivity index (χ4n) is 1.55. The summed E-state index contributed by atoms with van der Waals surface area (Å²) >= 11 is 0.